The van der Waals surface area contributed by atoms with Crippen LogP contribution in [-0.4, -0.2) is 61.4 Å². The molecule has 0 radical (unpaired) electrons. The van der Waals surface area contributed by atoms with E-state index in [9.17, 15) is 9.59 Å². The second-order valence-corrected chi connectivity index (χ2v) is 6.27. The van der Waals surface area contributed by atoms with E-state index in [0.29, 0.717) is 18.4 Å². The van der Waals surface area contributed by atoms with Crippen molar-refractivity contribution in [2.24, 2.45) is 5.92 Å². The van der Waals surface area contributed by atoms with Crippen LogP contribution in [0.4, 0.5) is 0 Å². The van der Waals surface area contributed by atoms with Gasteiger partial charge in [-0.2, -0.15) is 0 Å². The fourth-order valence-electron chi connectivity index (χ4n) is 2.97. The zero-order valence-electron chi connectivity index (χ0n) is 12.7. The van der Waals surface area contributed by atoms with Crippen molar-refractivity contribution in [3.05, 3.63) is 0 Å². The molecule has 2 amide bonds. The molecule has 1 saturated carbocycles. The van der Waals surface area contributed by atoms with E-state index < -0.39 is 0 Å². The number of rotatable bonds is 5. The predicted octanol–water partition coefficient (Wildman–Crippen LogP) is 0.845. The summed E-state index contributed by atoms with van der Waals surface area (Å²) in [6, 6.07) is 0.371. The van der Waals surface area contributed by atoms with Gasteiger partial charge in [0, 0.05) is 26.6 Å². The van der Waals surface area contributed by atoms with Crippen molar-refractivity contribution in [3.63, 3.8) is 0 Å². The van der Waals surface area contributed by atoms with Gasteiger partial charge in [0.2, 0.25) is 11.8 Å². The maximum absolute atomic E-state index is 12.2. The van der Waals surface area contributed by atoms with Gasteiger partial charge in [0.05, 0.1) is 6.54 Å². The predicted molar refractivity (Wildman–Crippen MR) is 78.3 cm³/mol. The molecule has 5 heteroatoms. The molecule has 2 rings (SSSR count). The highest BCUT2D eigenvalue weighted by Crippen LogP contribution is 2.21. The lowest BCUT2D eigenvalue weighted by atomic mass is 9.94. The maximum atomic E-state index is 12.2. The van der Waals surface area contributed by atoms with E-state index in [-0.39, 0.29) is 18.4 Å². The number of nitrogens with zero attached hydrogens (tertiary/aromatic N) is 2. The molecule has 2 fully saturated rings. The first-order valence-electron chi connectivity index (χ1n) is 7.78. The number of carbonyl (C=O) groups excluding carboxylic acids is 2. The molecular weight excluding hydrogens is 254 g/mol. The normalized spacial score (nSPS) is 20.3. The van der Waals surface area contributed by atoms with Gasteiger partial charge < -0.3 is 15.1 Å². The fourth-order valence-corrected chi connectivity index (χ4v) is 2.97. The Morgan fingerprint density at radius 2 is 1.70 bits per heavy atom. The van der Waals surface area contributed by atoms with Crippen LogP contribution in [0.15, 0.2) is 0 Å². The highest BCUT2D eigenvalue weighted by atomic mass is 16.2. The third-order valence-corrected chi connectivity index (χ3v) is 4.64. The Hall–Kier alpha value is -1.10. The summed E-state index contributed by atoms with van der Waals surface area (Å²) in [7, 11) is 3.62. The average Bonchev–Trinajstić information content (AvgIpc) is 2.42. The molecule has 1 saturated heterocycles. The number of nitrogens with one attached hydrogen (secondary N) is 1. The molecular formula is C15H27N3O2. The smallest absolute Gasteiger partial charge is 0.242 e. The minimum atomic E-state index is 0.0690. The van der Waals surface area contributed by atoms with Gasteiger partial charge in [0.1, 0.15) is 0 Å². The average molecular weight is 281 g/mol. The summed E-state index contributed by atoms with van der Waals surface area (Å²) >= 11 is 0. The van der Waals surface area contributed by atoms with Gasteiger partial charge in [-0.25, -0.2) is 0 Å². The van der Waals surface area contributed by atoms with E-state index in [1.54, 1.807) is 11.9 Å². The van der Waals surface area contributed by atoms with Crippen LogP contribution in [0.5, 0.6) is 0 Å². The van der Waals surface area contributed by atoms with E-state index in [4.69, 9.17) is 0 Å². The zero-order chi connectivity index (χ0) is 14.5. The number of likely N-dealkylation sites (N-methyl/N-ethyl adjacent to an activating group) is 2. The number of carbonyl (C=O) groups is 2. The van der Waals surface area contributed by atoms with Crippen molar-refractivity contribution < 1.29 is 9.59 Å². The van der Waals surface area contributed by atoms with E-state index >= 15 is 0 Å². The molecule has 0 aromatic heterocycles. The topological polar surface area (TPSA) is 52.7 Å². The van der Waals surface area contributed by atoms with Crippen LogP contribution >= 0.6 is 0 Å². The molecule has 0 aromatic rings. The van der Waals surface area contributed by atoms with Crippen LogP contribution in [0.3, 0.4) is 0 Å². The minimum absolute atomic E-state index is 0.0690. The van der Waals surface area contributed by atoms with Crippen molar-refractivity contribution >= 4 is 11.8 Å². The summed E-state index contributed by atoms with van der Waals surface area (Å²) in [6.07, 6.45) is 6.48. The monoisotopic (exact) mass is 281 g/mol. The Labute approximate surface area is 121 Å². The summed E-state index contributed by atoms with van der Waals surface area (Å²) in [4.78, 5) is 27.7. The van der Waals surface area contributed by atoms with E-state index in [1.165, 1.54) is 19.3 Å². The Bertz CT molecular complexity index is 349. The van der Waals surface area contributed by atoms with Gasteiger partial charge in [-0.1, -0.05) is 19.3 Å². The van der Waals surface area contributed by atoms with E-state index in [0.717, 1.165) is 25.9 Å². The first kappa shape index (κ1) is 15.3. The molecule has 0 atom stereocenters. The molecule has 0 unspecified atom stereocenters. The van der Waals surface area contributed by atoms with Gasteiger partial charge in [-0.3, -0.25) is 9.59 Å². The summed E-state index contributed by atoms with van der Waals surface area (Å²) in [5, 5.41) is 3.16. The molecule has 2 aliphatic rings. The SMILES string of the molecule is CN(CC(=O)N(C)C1CCCCC1)C(=O)CC1CNC1. The molecule has 1 N–H and O–H groups in total. The Kier molecular flexibility index (Phi) is 5.40. The lowest BCUT2D eigenvalue weighted by Gasteiger charge is -2.33. The minimum Gasteiger partial charge on any atom is -0.341 e. The van der Waals surface area contributed by atoms with Crippen molar-refractivity contribution in [1.82, 2.24) is 15.1 Å². The summed E-state index contributed by atoms with van der Waals surface area (Å²) < 4.78 is 0. The Balaban J connectivity index is 1.75. The van der Waals surface area contributed by atoms with Gasteiger partial charge in [-0.05, 0) is 31.8 Å². The van der Waals surface area contributed by atoms with E-state index in [2.05, 4.69) is 5.32 Å². The largest absolute Gasteiger partial charge is 0.341 e. The Morgan fingerprint density at radius 1 is 1.05 bits per heavy atom. The first-order chi connectivity index (χ1) is 9.58. The Morgan fingerprint density at radius 3 is 2.25 bits per heavy atom. The van der Waals surface area contributed by atoms with Crippen LogP contribution in [-0.2, 0) is 9.59 Å². The van der Waals surface area contributed by atoms with Crippen LogP contribution in [0.1, 0.15) is 38.5 Å². The molecule has 0 aromatic carbocycles. The second kappa shape index (κ2) is 7.07. The zero-order valence-corrected chi connectivity index (χ0v) is 12.7. The standard InChI is InChI=1S/C15H27N3O2/c1-17(14(19)8-12-9-16-10-12)11-15(20)18(2)13-6-4-3-5-7-13/h12-13,16H,3-11H2,1-2H3. The lowest BCUT2D eigenvalue weighted by Crippen LogP contribution is -2.47. The van der Waals surface area contributed by atoms with Crippen LogP contribution in [0.25, 0.3) is 0 Å². The maximum Gasteiger partial charge on any atom is 0.242 e. The number of hydrogen-bond donors (Lipinski definition) is 1. The van der Waals surface area contributed by atoms with Gasteiger partial charge in [-0.15, -0.1) is 0 Å². The van der Waals surface area contributed by atoms with E-state index in [1.807, 2.05) is 11.9 Å². The van der Waals surface area contributed by atoms with Crippen LogP contribution in [0.2, 0.25) is 0 Å². The van der Waals surface area contributed by atoms with Crippen LogP contribution < -0.4 is 5.32 Å². The van der Waals surface area contributed by atoms with Crippen molar-refractivity contribution in [1.29, 1.82) is 0 Å². The highest BCUT2D eigenvalue weighted by Gasteiger charge is 2.26. The molecule has 20 heavy (non-hydrogen) atoms. The molecule has 1 aliphatic heterocycles. The fraction of sp³-hybridized carbons (Fsp3) is 0.867. The van der Waals surface area contributed by atoms with Crippen molar-refractivity contribution in [3.8, 4) is 0 Å². The molecule has 0 spiro atoms. The molecule has 1 heterocycles. The summed E-state index contributed by atoms with van der Waals surface area (Å²) in [5.74, 6) is 0.609. The highest BCUT2D eigenvalue weighted by molar-refractivity contribution is 5.84. The van der Waals surface area contributed by atoms with Crippen molar-refractivity contribution in [2.75, 3.05) is 33.7 Å². The summed E-state index contributed by atoms with van der Waals surface area (Å²) in [5.41, 5.74) is 0. The lowest BCUT2D eigenvalue weighted by molar-refractivity contribution is -0.140. The summed E-state index contributed by atoms with van der Waals surface area (Å²) in [6.45, 7) is 2.07. The van der Waals surface area contributed by atoms with Gasteiger partial charge >= 0.3 is 0 Å². The third-order valence-electron chi connectivity index (χ3n) is 4.64. The quantitative estimate of drug-likeness (QED) is 0.812. The first-order valence-corrected chi connectivity index (χ1v) is 7.78. The molecule has 114 valence electrons. The van der Waals surface area contributed by atoms with Gasteiger partial charge in [0.15, 0.2) is 0 Å². The number of amides is 2. The number of hydrogen-bond acceptors (Lipinski definition) is 3. The van der Waals surface area contributed by atoms with Gasteiger partial charge in [0.25, 0.3) is 0 Å². The molecule has 5 nitrogen and oxygen atoms in total. The van der Waals surface area contributed by atoms with Crippen molar-refractivity contribution in [2.45, 2.75) is 44.6 Å². The molecule has 1 aliphatic carbocycles. The second-order valence-electron chi connectivity index (χ2n) is 6.27. The van der Waals surface area contributed by atoms with Crippen LogP contribution in [0, 0.1) is 5.92 Å². The third kappa shape index (κ3) is 3.95. The molecule has 0 bridgehead atoms.